The van der Waals surface area contributed by atoms with Crippen molar-refractivity contribution in [2.24, 2.45) is 0 Å². The molecule has 0 aromatic rings. The number of carbonyl (C=O) groups is 2. The Morgan fingerprint density at radius 1 is 1.06 bits per heavy atom. The minimum atomic E-state index is -0.0546. The average molecular weight is 226 g/mol. The lowest BCUT2D eigenvalue weighted by molar-refractivity contribution is -0.121. The van der Waals surface area contributed by atoms with E-state index >= 15 is 0 Å². The van der Waals surface area contributed by atoms with Crippen LogP contribution in [-0.4, -0.2) is 67.6 Å². The van der Waals surface area contributed by atoms with Gasteiger partial charge in [0.25, 0.3) is 0 Å². The van der Waals surface area contributed by atoms with Gasteiger partial charge in [0.2, 0.25) is 5.91 Å². The third-order valence-corrected chi connectivity index (χ3v) is 2.92. The molecular formula is C10H18N4O2. The maximum Gasteiger partial charge on any atom is 0.320 e. The average Bonchev–Trinajstić information content (AvgIpc) is 2.54. The number of piperazine rings is 1. The molecule has 90 valence electrons. The molecule has 2 heterocycles. The van der Waals surface area contributed by atoms with Crippen molar-refractivity contribution in [2.75, 3.05) is 45.8 Å². The first-order chi connectivity index (χ1) is 7.77. The van der Waals surface area contributed by atoms with Crippen LogP contribution in [0.1, 0.15) is 6.42 Å². The number of hydrogen-bond acceptors (Lipinski definition) is 3. The summed E-state index contributed by atoms with van der Waals surface area (Å²) < 4.78 is 0. The third kappa shape index (κ3) is 2.63. The summed E-state index contributed by atoms with van der Waals surface area (Å²) in [5.41, 5.74) is 0. The smallest absolute Gasteiger partial charge is 0.320 e. The van der Waals surface area contributed by atoms with Crippen molar-refractivity contribution in [2.45, 2.75) is 6.42 Å². The van der Waals surface area contributed by atoms with Crippen molar-refractivity contribution >= 4 is 11.9 Å². The largest absolute Gasteiger partial charge is 0.354 e. The summed E-state index contributed by atoms with van der Waals surface area (Å²) in [7, 11) is 0. The van der Waals surface area contributed by atoms with E-state index < -0.39 is 0 Å². The Bertz CT molecular complexity index is 276. The summed E-state index contributed by atoms with van der Waals surface area (Å²) >= 11 is 0. The van der Waals surface area contributed by atoms with Gasteiger partial charge in [0.05, 0.1) is 0 Å². The topological polar surface area (TPSA) is 64.7 Å². The number of urea groups is 1. The van der Waals surface area contributed by atoms with Crippen LogP contribution < -0.4 is 10.6 Å². The van der Waals surface area contributed by atoms with Gasteiger partial charge in [0.15, 0.2) is 0 Å². The predicted octanol–water partition coefficient (Wildman–Crippen LogP) is -1.17. The highest BCUT2D eigenvalue weighted by atomic mass is 16.2. The minimum Gasteiger partial charge on any atom is -0.354 e. The Kier molecular flexibility index (Phi) is 3.61. The Balaban J connectivity index is 1.93. The maximum absolute atomic E-state index is 12.1. The number of nitrogens with one attached hydrogen (secondary N) is 2. The number of hydrogen-bond donors (Lipinski definition) is 2. The van der Waals surface area contributed by atoms with Crippen molar-refractivity contribution in [3.05, 3.63) is 0 Å². The number of carbonyl (C=O) groups excluding carboxylic acids is 2. The molecule has 2 rings (SSSR count). The molecule has 2 saturated heterocycles. The highest BCUT2D eigenvalue weighted by molar-refractivity contribution is 5.84. The van der Waals surface area contributed by atoms with Crippen LogP contribution in [-0.2, 0) is 4.79 Å². The lowest BCUT2D eigenvalue weighted by Gasteiger charge is -2.32. The van der Waals surface area contributed by atoms with E-state index in [1.165, 1.54) is 0 Å². The van der Waals surface area contributed by atoms with Crippen LogP contribution in [0.25, 0.3) is 0 Å². The number of nitrogens with zero attached hydrogens (tertiary/aromatic N) is 2. The van der Waals surface area contributed by atoms with Crippen LogP contribution in [0.2, 0.25) is 0 Å². The molecule has 2 N–H and O–H groups in total. The van der Waals surface area contributed by atoms with Gasteiger partial charge in [-0.25, -0.2) is 4.79 Å². The lowest BCUT2D eigenvalue weighted by Crippen LogP contribution is -2.52. The van der Waals surface area contributed by atoms with E-state index in [-0.39, 0.29) is 18.5 Å². The first-order valence-corrected chi connectivity index (χ1v) is 5.78. The van der Waals surface area contributed by atoms with Gasteiger partial charge in [-0.2, -0.15) is 0 Å². The van der Waals surface area contributed by atoms with E-state index in [0.717, 1.165) is 32.6 Å². The molecule has 0 radical (unpaired) electrons. The zero-order valence-corrected chi connectivity index (χ0v) is 9.37. The zero-order valence-electron chi connectivity index (χ0n) is 9.37. The SMILES string of the molecule is O=C1CN(C(=O)N2CCNCC2)CCCN1. The molecule has 3 amide bonds. The van der Waals surface area contributed by atoms with Gasteiger partial charge in [0.1, 0.15) is 6.54 Å². The molecule has 2 aliphatic heterocycles. The molecule has 6 heteroatoms. The maximum atomic E-state index is 12.1. The molecular weight excluding hydrogens is 208 g/mol. The normalized spacial score (nSPS) is 22.6. The van der Waals surface area contributed by atoms with Crippen molar-refractivity contribution in [1.82, 2.24) is 20.4 Å². The van der Waals surface area contributed by atoms with Gasteiger partial charge in [-0.1, -0.05) is 0 Å². The van der Waals surface area contributed by atoms with Crippen LogP contribution in [0.5, 0.6) is 0 Å². The van der Waals surface area contributed by atoms with E-state index in [1.807, 2.05) is 4.90 Å². The molecule has 0 aromatic carbocycles. The van der Waals surface area contributed by atoms with Crippen LogP contribution in [0, 0.1) is 0 Å². The molecule has 0 bridgehead atoms. The van der Waals surface area contributed by atoms with Crippen molar-refractivity contribution in [1.29, 1.82) is 0 Å². The summed E-state index contributed by atoms with van der Waals surface area (Å²) in [6.45, 7) is 4.68. The van der Waals surface area contributed by atoms with Crippen molar-refractivity contribution < 1.29 is 9.59 Å². The van der Waals surface area contributed by atoms with Gasteiger partial charge in [-0.05, 0) is 6.42 Å². The van der Waals surface area contributed by atoms with Gasteiger partial charge in [-0.3, -0.25) is 4.79 Å². The van der Waals surface area contributed by atoms with E-state index in [1.54, 1.807) is 4.90 Å². The first kappa shape index (κ1) is 11.2. The molecule has 0 atom stereocenters. The molecule has 6 nitrogen and oxygen atoms in total. The van der Waals surface area contributed by atoms with E-state index in [0.29, 0.717) is 13.1 Å². The van der Waals surface area contributed by atoms with Crippen LogP contribution in [0.4, 0.5) is 4.79 Å². The van der Waals surface area contributed by atoms with E-state index in [2.05, 4.69) is 10.6 Å². The fourth-order valence-electron chi connectivity index (χ4n) is 2.03. The molecule has 0 saturated carbocycles. The summed E-state index contributed by atoms with van der Waals surface area (Å²) in [4.78, 5) is 26.9. The van der Waals surface area contributed by atoms with Crippen molar-refractivity contribution in [3.8, 4) is 0 Å². The van der Waals surface area contributed by atoms with Gasteiger partial charge in [-0.15, -0.1) is 0 Å². The second-order valence-electron chi connectivity index (χ2n) is 4.14. The Morgan fingerprint density at radius 3 is 2.56 bits per heavy atom. The third-order valence-electron chi connectivity index (χ3n) is 2.92. The molecule has 2 fully saturated rings. The van der Waals surface area contributed by atoms with E-state index in [4.69, 9.17) is 0 Å². The van der Waals surface area contributed by atoms with Crippen LogP contribution in [0.15, 0.2) is 0 Å². The zero-order chi connectivity index (χ0) is 11.4. The fraction of sp³-hybridized carbons (Fsp3) is 0.800. The van der Waals surface area contributed by atoms with Gasteiger partial charge < -0.3 is 20.4 Å². The summed E-state index contributed by atoms with van der Waals surface area (Å²) in [5, 5.41) is 5.97. The highest BCUT2D eigenvalue weighted by Crippen LogP contribution is 2.04. The highest BCUT2D eigenvalue weighted by Gasteiger charge is 2.25. The molecule has 2 aliphatic rings. The Morgan fingerprint density at radius 2 is 1.81 bits per heavy atom. The Hall–Kier alpha value is -1.30. The summed E-state index contributed by atoms with van der Waals surface area (Å²) in [6, 6.07) is -0.00134. The van der Waals surface area contributed by atoms with Gasteiger partial charge in [0, 0.05) is 39.3 Å². The lowest BCUT2D eigenvalue weighted by atomic mass is 10.3. The first-order valence-electron chi connectivity index (χ1n) is 5.78. The second-order valence-corrected chi connectivity index (χ2v) is 4.14. The Labute approximate surface area is 95.0 Å². The van der Waals surface area contributed by atoms with Crippen LogP contribution >= 0.6 is 0 Å². The van der Waals surface area contributed by atoms with Gasteiger partial charge >= 0.3 is 6.03 Å². The monoisotopic (exact) mass is 226 g/mol. The van der Waals surface area contributed by atoms with Crippen molar-refractivity contribution in [3.63, 3.8) is 0 Å². The molecule has 0 unspecified atom stereocenters. The summed E-state index contributed by atoms with van der Waals surface area (Å²) in [6.07, 6.45) is 0.837. The fourth-order valence-corrected chi connectivity index (χ4v) is 2.03. The van der Waals surface area contributed by atoms with Crippen LogP contribution in [0.3, 0.4) is 0 Å². The number of amides is 3. The molecule has 0 aromatic heterocycles. The molecule has 0 spiro atoms. The van der Waals surface area contributed by atoms with E-state index in [9.17, 15) is 9.59 Å². The standard InChI is InChI=1S/C10H18N4O2/c15-9-8-14(5-1-2-12-9)10(16)13-6-3-11-4-7-13/h11H,1-8H2,(H,12,15). The minimum absolute atomic E-state index is 0.00134. The predicted molar refractivity (Wildman–Crippen MR) is 59.0 cm³/mol. The quantitative estimate of drug-likeness (QED) is 0.547. The second kappa shape index (κ2) is 5.16. The summed E-state index contributed by atoms with van der Waals surface area (Å²) in [5.74, 6) is -0.0546. The molecule has 16 heavy (non-hydrogen) atoms. The molecule has 0 aliphatic carbocycles. The number of rotatable bonds is 0.